The Morgan fingerprint density at radius 3 is 1.66 bits per heavy atom. The fourth-order valence-electron chi connectivity index (χ4n) is 5.63. The Kier molecular flexibility index (Phi) is 7.79. The van der Waals surface area contributed by atoms with Crippen LogP contribution in [0.4, 0.5) is 0 Å². The van der Waals surface area contributed by atoms with Crippen LogP contribution in [0.5, 0.6) is 0 Å². The second kappa shape index (κ2) is 12.1. The van der Waals surface area contributed by atoms with Crippen molar-refractivity contribution in [2.45, 2.75) is 25.4 Å². The van der Waals surface area contributed by atoms with E-state index in [9.17, 15) is 0 Å². The topological polar surface area (TPSA) is 55.6 Å². The molecule has 5 aromatic carbocycles. The molecule has 0 fully saturated rings. The van der Waals surface area contributed by atoms with Crippen molar-refractivity contribution in [3.8, 4) is 22.5 Å². The fourth-order valence-corrected chi connectivity index (χ4v) is 5.63. The van der Waals surface area contributed by atoms with Gasteiger partial charge in [0.1, 0.15) is 5.54 Å². The van der Waals surface area contributed by atoms with Crippen molar-refractivity contribution in [3.63, 3.8) is 0 Å². The molecule has 0 unspecified atom stereocenters. The smallest absolute Gasteiger partial charge is 0.184 e. The van der Waals surface area contributed by atoms with Gasteiger partial charge >= 0.3 is 0 Å². The molecule has 0 aliphatic heterocycles. The number of hydrogen-bond acceptors (Lipinski definition) is 4. The maximum atomic E-state index is 4.73. The van der Waals surface area contributed by atoms with Crippen LogP contribution in [-0.4, -0.2) is 26.8 Å². The van der Waals surface area contributed by atoms with Gasteiger partial charge in [-0.1, -0.05) is 146 Å². The first-order chi connectivity index (χ1) is 20.3. The van der Waals surface area contributed by atoms with Crippen LogP contribution in [0, 0.1) is 0 Å². The predicted molar refractivity (Wildman–Crippen MR) is 165 cm³/mol. The van der Waals surface area contributed by atoms with Crippen LogP contribution in [0.2, 0.25) is 0 Å². The highest BCUT2D eigenvalue weighted by Gasteiger charge is 2.42. The van der Waals surface area contributed by atoms with Gasteiger partial charge in [0.15, 0.2) is 5.82 Å². The molecular formula is C36H33N5. The quantitative estimate of drug-likeness (QED) is 0.147. The zero-order valence-electron chi connectivity index (χ0n) is 23.2. The maximum absolute atomic E-state index is 4.73. The molecule has 6 aromatic rings. The molecule has 5 nitrogen and oxygen atoms in total. The monoisotopic (exact) mass is 535 g/mol. The van der Waals surface area contributed by atoms with Crippen LogP contribution in [0.15, 0.2) is 140 Å². The molecule has 0 atom stereocenters. The van der Waals surface area contributed by atoms with E-state index in [-0.39, 0.29) is 0 Å². The van der Waals surface area contributed by atoms with E-state index in [4.69, 9.17) is 5.21 Å². The number of hydrogen-bond donors (Lipinski definition) is 1. The Labute approximate surface area is 241 Å². The lowest BCUT2D eigenvalue weighted by Crippen LogP contribution is -2.39. The molecule has 202 valence electrons. The van der Waals surface area contributed by atoms with Crippen LogP contribution in [-0.2, 0) is 12.1 Å². The first-order valence-electron chi connectivity index (χ1n) is 14.2. The molecule has 6 rings (SSSR count). The van der Waals surface area contributed by atoms with Crippen molar-refractivity contribution in [1.82, 2.24) is 25.5 Å². The van der Waals surface area contributed by atoms with Crippen molar-refractivity contribution in [2.24, 2.45) is 0 Å². The first kappa shape index (κ1) is 26.4. The number of benzene rings is 5. The maximum Gasteiger partial charge on any atom is 0.184 e. The predicted octanol–water partition coefficient (Wildman–Crippen LogP) is 7.35. The van der Waals surface area contributed by atoms with Gasteiger partial charge in [0.2, 0.25) is 0 Å². The molecule has 0 saturated heterocycles. The number of aromatic nitrogens is 4. The van der Waals surface area contributed by atoms with Gasteiger partial charge in [-0.25, -0.2) is 4.68 Å². The van der Waals surface area contributed by atoms with Gasteiger partial charge in [-0.3, -0.25) is 0 Å². The minimum Gasteiger partial charge on any atom is -0.313 e. The van der Waals surface area contributed by atoms with Gasteiger partial charge in [0.25, 0.3) is 0 Å². The highest BCUT2D eigenvalue weighted by atomic mass is 15.6. The van der Waals surface area contributed by atoms with E-state index >= 15 is 0 Å². The molecular weight excluding hydrogens is 502 g/mol. The van der Waals surface area contributed by atoms with Crippen LogP contribution >= 0.6 is 0 Å². The number of rotatable bonds is 10. The van der Waals surface area contributed by atoms with Gasteiger partial charge in [0.05, 0.1) is 0 Å². The summed E-state index contributed by atoms with van der Waals surface area (Å²) in [6.45, 7) is 4.06. The van der Waals surface area contributed by atoms with Crippen molar-refractivity contribution in [1.29, 1.82) is 0 Å². The van der Waals surface area contributed by atoms with Crippen LogP contribution < -0.4 is 5.32 Å². The average molecular weight is 536 g/mol. The van der Waals surface area contributed by atoms with Gasteiger partial charge < -0.3 is 5.32 Å². The van der Waals surface area contributed by atoms with Crippen molar-refractivity contribution >= 4 is 0 Å². The zero-order chi connectivity index (χ0) is 27.9. The minimum atomic E-state index is -0.801. The highest BCUT2D eigenvalue weighted by Crippen LogP contribution is 2.43. The summed E-state index contributed by atoms with van der Waals surface area (Å²) in [5.41, 5.74) is 6.87. The highest BCUT2D eigenvalue weighted by molar-refractivity contribution is 5.81. The average Bonchev–Trinajstić information content (AvgIpc) is 3.54. The van der Waals surface area contributed by atoms with Gasteiger partial charge in [-0.2, -0.15) is 0 Å². The summed E-state index contributed by atoms with van der Waals surface area (Å²) in [4.78, 5) is 0. The van der Waals surface area contributed by atoms with Crippen molar-refractivity contribution in [3.05, 3.63) is 162 Å². The molecule has 0 saturated carbocycles. The van der Waals surface area contributed by atoms with Crippen LogP contribution in [0.3, 0.4) is 0 Å². The Bertz CT molecular complexity index is 1580. The molecule has 1 N–H and O–H groups in total. The molecule has 1 heterocycles. The Morgan fingerprint density at radius 2 is 1.12 bits per heavy atom. The second-order valence-corrected chi connectivity index (χ2v) is 10.1. The molecule has 0 amide bonds. The fraction of sp³-hybridized carbons (Fsp3) is 0.139. The molecule has 0 spiro atoms. The van der Waals surface area contributed by atoms with E-state index in [1.165, 1.54) is 5.56 Å². The second-order valence-electron chi connectivity index (χ2n) is 10.1. The lowest BCUT2D eigenvalue weighted by atomic mass is 9.77. The van der Waals surface area contributed by atoms with E-state index in [1.54, 1.807) is 0 Å². The molecule has 0 bridgehead atoms. The Hall–Kier alpha value is -4.87. The normalized spacial score (nSPS) is 11.4. The summed E-state index contributed by atoms with van der Waals surface area (Å²) in [5, 5.41) is 17.2. The minimum absolute atomic E-state index is 0.700. The molecule has 5 heteroatoms. The third-order valence-corrected chi connectivity index (χ3v) is 7.55. The lowest BCUT2D eigenvalue weighted by Gasteiger charge is -2.36. The summed E-state index contributed by atoms with van der Waals surface area (Å²) in [7, 11) is 0. The van der Waals surface area contributed by atoms with Crippen LogP contribution in [0.25, 0.3) is 22.5 Å². The summed E-state index contributed by atoms with van der Waals surface area (Å²) < 4.78 is 1.99. The van der Waals surface area contributed by atoms with E-state index in [2.05, 4.69) is 144 Å². The molecule has 0 aliphatic rings. The summed E-state index contributed by atoms with van der Waals surface area (Å²) in [6, 6.07) is 48.7. The third kappa shape index (κ3) is 5.08. The van der Waals surface area contributed by atoms with E-state index < -0.39 is 5.54 Å². The number of tetrazole rings is 1. The SMILES string of the molecule is CCCNCc1ccc(-c2ccccc2-c2nnnn2C(c2ccccc2)(c2ccccc2)c2ccccc2)cc1. The van der Waals surface area contributed by atoms with Crippen LogP contribution in [0.1, 0.15) is 35.6 Å². The number of nitrogens with zero attached hydrogens (tertiary/aromatic N) is 4. The van der Waals surface area contributed by atoms with Gasteiger partial charge in [-0.15, -0.1) is 5.10 Å². The van der Waals surface area contributed by atoms with Crippen molar-refractivity contribution in [2.75, 3.05) is 6.54 Å². The molecule has 1 aromatic heterocycles. The lowest BCUT2D eigenvalue weighted by molar-refractivity contribution is 0.451. The van der Waals surface area contributed by atoms with E-state index in [0.717, 1.165) is 52.9 Å². The Balaban J connectivity index is 1.55. The third-order valence-electron chi connectivity index (χ3n) is 7.55. The molecule has 0 aliphatic carbocycles. The zero-order valence-corrected chi connectivity index (χ0v) is 23.2. The molecule has 0 radical (unpaired) electrons. The van der Waals surface area contributed by atoms with E-state index in [0.29, 0.717) is 5.82 Å². The standard InChI is InChI=1S/C36H33N5/c1-2-26-37-27-28-22-24-29(25-23-28)33-20-12-13-21-34(33)35-38-39-40-41(35)36(30-14-6-3-7-15-30,31-16-8-4-9-17-31)32-18-10-5-11-19-32/h3-25,37H,2,26-27H2,1H3. The largest absolute Gasteiger partial charge is 0.313 e. The Morgan fingerprint density at radius 1 is 0.610 bits per heavy atom. The molecule has 41 heavy (non-hydrogen) atoms. The van der Waals surface area contributed by atoms with Gasteiger partial charge in [0, 0.05) is 12.1 Å². The summed E-state index contributed by atoms with van der Waals surface area (Å²) in [6.07, 6.45) is 1.12. The summed E-state index contributed by atoms with van der Waals surface area (Å²) >= 11 is 0. The summed E-state index contributed by atoms with van der Waals surface area (Å²) in [5.74, 6) is 0.700. The van der Waals surface area contributed by atoms with Crippen molar-refractivity contribution < 1.29 is 0 Å². The van der Waals surface area contributed by atoms with E-state index in [1.807, 2.05) is 22.9 Å². The number of nitrogens with one attached hydrogen (secondary N) is 1. The first-order valence-corrected chi connectivity index (χ1v) is 14.2. The van der Waals surface area contributed by atoms with Gasteiger partial charge in [-0.05, 0) is 56.8 Å².